The first-order valence-electron chi connectivity index (χ1n) is 9.03. The van der Waals surface area contributed by atoms with E-state index in [1.54, 1.807) is 4.90 Å². The number of anilines is 1. The Kier molecular flexibility index (Phi) is 5.30. The number of carbonyl (C=O) groups is 1. The third-order valence-electron chi connectivity index (χ3n) is 4.85. The van der Waals surface area contributed by atoms with Crippen molar-refractivity contribution in [2.75, 3.05) is 31.1 Å². The van der Waals surface area contributed by atoms with Gasteiger partial charge in [0.2, 0.25) is 0 Å². The van der Waals surface area contributed by atoms with E-state index in [4.69, 9.17) is 10.5 Å². The molecule has 1 aromatic carbocycles. The van der Waals surface area contributed by atoms with Crippen LogP contribution in [0.25, 0.3) is 0 Å². The van der Waals surface area contributed by atoms with Gasteiger partial charge in [0.1, 0.15) is 5.60 Å². The Morgan fingerprint density at radius 2 is 1.88 bits per heavy atom. The maximum atomic E-state index is 12.2. The number of halogens is 1. The van der Waals surface area contributed by atoms with Crippen molar-refractivity contribution in [3.8, 4) is 0 Å². The Balaban J connectivity index is 1.71. The molecule has 138 valence electrons. The monoisotopic (exact) mass is 409 g/mol. The quantitative estimate of drug-likeness (QED) is 0.772. The molecule has 25 heavy (non-hydrogen) atoms. The lowest BCUT2D eigenvalue weighted by molar-refractivity contribution is 0.0240. The molecule has 3 rings (SSSR count). The lowest BCUT2D eigenvalue weighted by Crippen LogP contribution is -2.50. The Labute approximate surface area is 158 Å². The van der Waals surface area contributed by atoms with E-state index in [1.165, 1.54) is 21.3 Å². The van der Waals surface area contributed by atoms with Crippen molar-refractivity contribution in [2.45, 2.75) is 51.7 Å². The number of fused-ring (bicyclic) bond motifs is 1. The van der Waals surface area contributed by atoms with Gasteiger partial charge in [-0.2, -0.15) is 0 Å². The summed E-state index contributed by atoms with van der Waals surface area (Å²) in [6.07, 6.45) is 2.78. The van der Waals surface area contributed by atoms with E-state index in [0.29, 0.717) is 13.1 Å². The lowest BCUT2D eigenvalue weighted by Gasteiger charge is -2.38. The molecule has 1 aliphatic carbocycles. The van der Waals surface area contributed by atoms with Gasteiger partial charge in [-0.15, -0.1) is 0 Å². The van der Waals surface area contributed by atoms with Crippen LogP contribution in [0.3, 0.4) is 0 Å². The Bertz CT molecular complexity index is 649. The Hall–Kier alpha value is -1.27. The lowest BCUT2D eigenvalue weighted by atomic mass is 9.87. The van der Waals surface area contributed by atoms with Crippen molar-refractivity contribution in [3.63, 3.8) is 0 Å². The van der Waals surface area contributed by atoms with E-state index in [-0.39, 0.29) is 12.1 Å². The number of rotatable bonds is 1. The van der Waals surface area contributed by atoms with E-state index >= 15 is 0 Å². The van der Waals surface area contributed by atoms with Crippen LogP contribution in [0.2, 0.25) is 0 Å². The first-order valence-corrected chi connectivity index (χ1v) is 9.82. The third-order valence-corrected chi connectivity index (χ3v) is 5.60. The van der Waals surface area contributed by atoms with Gasteiger partial charge in [-0.1, -0.05) is 15.9 Å². The average molecular weight is 410 g/mol. The van der Waals surface area contributed by atoms with Crippen LogP contribution in [0.15, 0.2) is 16.6 Å². The SMILES string of the molecule is CC(C)(C)OC(=O)N1CCN(c2ccc(Br)c3c2CC(N)CC3)CC1. The summed E-state index contributed by atoms with van der Waals surface area (Å²) in [5.41, 5.74) is 9.81. The highest BCUT2D eigenvalue weighted by Crippen LogP contribution is 2.35. The molecular formula is C19H28BrN3O2. The molecule has 1 heterocycles. The van der Waals surface area contributed by atoms with Crippen molar-refractivity contribution in [3.05, 3.63) is 27.7 Å². The second kappa shape index (κ2) is 7.16. The van der Waals surface area contributed by atoms with Gasteiger partial charge in [-0.3, -0.25) is 0 Å². The number of nitrogens with zero attached hydrogens (tertiary/aromatic N) is 2. The molecule has 1 aliphatic heterocycles. The molecule has 1 atom stereocenters. The minimum atomic E-state index is -0.449. The summed E-state index contributed by atoms with van der Waals surface area (Å²) in [4.78, 5) is 16.4. The second-order valence-electron chi connectivity index (χ2n) is 7.98. The van der Waals surface area contributed by atoms with Crippen molar-refractivity contribution in [2.24, 2.45) is 5.73 Å². The Morgan fingerprint density at radius 3 is 2.52 bits per heavy atom. The third kappa shape index (κ3) is 4.29. The van der Waals surface area contributed by atoms with Crippen LogP contribution in [0.4, 0.5) is 10.5 Å². The first kappa shape index (κ1) is 18.5. The number of amides is 1. The van der Waals surface area contributed by atoms with Crippen molar-refractivity contribution < 1.29 is 9.53 Å². The van der Waals surface area contributed by atoms with Gasteiger partial charge in [0, 0.05) is 42.4 Å². The zero-order valence-electron chi connectivity index (χ0n) is 15.3. The van der Waals surface area contributed by atoms with Gasteiger partial charge < -0.3 is 20.3 Å². The van der Waals surface area contributed by atoms with Crippen LogP contribution >= 0.6 is 15.9 Å². The topological polar surface area (TPSA) is 58.8 Å². The second-order valence-corrected chi connectivity index (χ2v) is 8.84. The van der Waals surface area contributed by atoms with Crippen LogP contribution in [0, 0.1) is 0 Å². The molecule has 1 amide bonds. The number of piperazine rings is 1. The smallest absolute Gasteiger partial charge is 0.410 e. The van der Waals surface area contributed by atoms with E-state index in [1.807, 2.05) is 20.8 Å². The summed E-state index contributed by atoms with van der Waals surface area (Å²) in [6, 6.07) is 4.57. The highest BCUT2D eigenvalue weighted by atomic mass is 79.9. The van der Waals surface area contributed by atoms with Crippen LogP contribution in [0.1, 0.15) is 38.3 Å². The number of hydrogen-bond donors (Lipinski definition) is 1. The maximum Gasteiger partial charge on any atom is 0.410 e. The molecule has 1 unspecified atom stereocenters. The summed E-state index contributed by atoms with van der Waals surface area (Å²) >= 11 is 3.69. The number of carbonyl (C=O) groups excluding carboxylic acids is 1. The first-order chi connectivity index (χ1) is 11.7. The van der Waals surface area contributed by atoms with Gasteiger partial charge in [0.05, 0.1) is 0 Å². The highest BCUT2D eigenvalue weighted by Gasteiger charge is 2.28. The minimum Gasteiger partial charge on any atom is -0.444 e. The normalized spacial score (nSPS) is 21.1. The average Bonchev–Trinajstić information content (AvgIpc) is 2.54. The fourth-order valence-corrected chi connectivity index (χ4v) is 4.17. The van der Waals surface area contributed by atoms with Crippen LogP contribution in [0.5, 0.6) is 0 Å². The minimum absolute atomic E-state index is 0.216. The molecule has 0 spiro atoms. The fraction of sp³-hybridized carbons (Fsp3) is 0.632. The van der Waals surface area contributed by atoms with Gasteiger partial charge in [-0.05, 0) is 63.3 Å². The number of nitrogens with two attached hydrogens (primary N) is 1. The molecule has 1 fully saturated rings. The molecule has 1 saturated heterocycles. The van der Waals surface area contributed by atoms with E-state index in [0.717, 1.165) is 32.4 Å². The predicted molar refractivity (Wildman–Crippen MR) is 104 cm³/mol. The largest absolute Gasteiger partial charge is 0.444 e. The zero-order chi connectivity index (χ0) is 18.2. The van der Waals surface area contributed by atoms with Crippen molar-refractivity contribution in [1.82, 2.24) is 4.90 Å². The molecule has 2 N–H and O–H groups in total. The van der Waals surface area contributed by atoms with Gasteiger partial charge in [0.25, 0.3) is 0 Å². The number of ether oxygens (including phenoxy) is 1. The van der Waals surface area contributed by atoms with Gasteiger partial charge in [0.15, 0.2) is 0 Å². The molecule has 0 saturated carbocycles. The summed E-state index contributed by atoms with van der Waals surface area (Å²) in [5.74, 6) is 0. The number of benzene rings is 1. The number of hydrogen-bond acceptors (Lipinski definition) is 4. The van der Waals surface area contributed by atoms with E-state index < -0.39 is 5.60 Å². The van der Waals surface area contributed by atoms with E-state index in [2.05, 4.69) is 33.0 Å². The highest BCUT2D eigenvalue weighted by molar-refractivity contribution is 9.10. The summed E-state index contributed by atoms with van der Waals surface area (Å²) in [6.45, 7) is 8.72. The fourth-order valence-electron chi connectivity index (χ4n) is 3.60. The molecule has 0 bridgehead atoms. The van der Waals surface area contributed by atoms with Crippen molar-refractivity contribution >= 4 is 27.7 Å². The standard InChI is InChI=1S/C19H28BrN3O2/c1-19(2,3)25-18(24)23-10-8-22(9-11-23)17-7-6-16(20)14-5-4-13(21)12-15(14)17/h6-7,13H,4-5,8-12,21H2,1-3H3. The van der Waals surface area contributed by atoms with Crippen LogP contribution in [-0.4, -0.2) is 48.8 Å². The molecule has 2 aliphatic rings. The molecule has 6 heteroatoms. The molecule has 0 aromatic heterocycles. The molecule has 0 radical (unpaired) electrons. The van der Waals surface area contributed by atoms with Crippen molar-refractivity contribution in [1.29, 1.82) is 0 Å². The Morgan fingerprint density at radius 1 is 1.20 bits per heavy atom. The van der Waals surface area contributed by atoms with E-state index in [9.17, 15) is 4.79 Å². The molecule has 1 aromatic rings. The van der Waals surface area contributed by atoms with Gasteiger partial charge >= 0.3 is 6.09 Å². The molecular weight excluding hydrogens is 382 g/mol. The summed E-state index contributed by atoms with van der Waals surface area (Å²) in [7, 11) is 0. The molecule has 5 nitrogen and oxygen atoms in total. The maximum absolute atomic E-state index is 12.2. The summed E-state index contributed by atoms with van der Waals surface area (Å²) in [5, 5.41) is 0. The van der Waals surface area contributed by atoms with Crippen LogP contribution < -0.4 is 10.6 Å². The summed E-state index contributed by atoms with van der Waals surface area (Å²) < 4.78 is 6.67. The predicted octanol–water partition coefficient (Wildman–Crippen LogP) is 3.32. The van der Waals surface area contributed by atoms with Crippen LogP contribution in [-0.2, 0) is 17.6 Å². The zero-order valence-corrected chi connectivity index (χ0v) is 16.9. The van der Waals surface area contributed by atoms with Gasteiger partial charge in [-0.25, -0.2) is 4.79 Å².